The number of imidazole rings is 1. The van der Waals surface area contributed by atoms with Crippen LogP contribution in [0.1, 0.15) is 22.3 Å². The van der Waals surface area contributed by atoms with E-state index < -0.39 is 0 Å². The number of thiophene rings is 1. The van der Waals surface area contributed by atoms with Gasteiger partial charge in [0.05, 0.1) is 22.4 Å². The van der Waals surface area contributed by atoms with Gasteiger partial charge in [-0.1, -0.05) is 11.6 Å². The number of carbonyl (C=O) groups excluding carboxylic acids is 3. The first-order valence-electron chi connectivity index (χ1n) is 9.83. The molecular formula is C21H21ClN5O4S+. The van der Waals surface area contributed by atoms with Crippen LogP contribution < -0.4 is 20.2 Å². The molecule has 4 rings (SSSR count). The molecular weight excluding hydrogens is 454 g/mol. The summed E-state index contributed by atoms with van der Waals surface area (Å²) in [6, 6.07) is 10.8. The maximum atomic E-state index is 12.4. The van der Waals surface area contributed by atoms with Crippen molar-refractivity contribution in [3.63, 3.8) is 0 Å². The highest BCUT2D eigenvalue weighted by Gasteiger charge is 2.21. The van der Waals surface area contributed by atoms with E-state index in [1.807, 2.05) is 35.0 Å². The molecule has 9 nitrogen and oxygen atoms in total. The quantitative estimate of drug-likeness (QED) is 0.533. The molecule has 3 amide bonds. The van der Waals surface area contributed by atoms with Gasteiger partial charge in [-0.25, -0.2) is 4.57 Å². The zero-order chi connectivity index (χ0) is 22.7. The van der Waals surface area contributed by atoms with Gasteiger partial charge in [-0.15, -0.1) is 16.0 Å². The number of nitrogens with one attached hydrogen (secondary N) is 2. The van der Waals surface area contributed by atoms with Gasteiger partial charge in [0.2, 0.25) is 0 Å². The van der Waals surface area contributed by atoms with Crippen LogP contribution in [0.4, 0.5) is 5.69 Å². The average molecular weight is 475 g/mol. The van der Waals surface area contributed by atoms with Crippen molar-refractivity contribution < 1.29 is 23.7 Å². The molecule has 1 aromatic carbocycles. The first kappa shape index (κ1) is 22.0. The van der Waals surface area contributed by atoms with Gasteiger partial charge in [0.25, 0.3) is 24.0 Å². The van der Waals surface area contributed by atoms with Crippen LogP contribution in [0.2, 0.25) is 4.34 Å². The monoisotopic (exact) mass is 474 g/mol. The predicted octanol–water partition coefficient (Wildman–Crippen LogP) is 1.86. The summed E-state index contributed by atoms with van der Waals surface area (Å²) < 4.78 is 9.10. The molecule has 2 aromatic heterocycles. The Balaban J connectivity index is 1.52. The lowest BCUT2D eigenvalue weighted by atomic mass is 10.2. The number of anilines is 1. The van der Waals surface area contributed by atoms with Crippen LogP contribution in [0.5, 0.6) is 0 Å². The Labute approximate surface area is 193 Å². The summed E-state index contributed by atoms with van der Waals surface area (Å²) in [7, 11) is 0. The molecule has 1 aliphatic heterocycles. The normalized spacial score (nSPS) is 13.8. The molecule has 1 fully saturated rings. The Bertz CT molecular complexity index is 1160. The zero-order valence-electron chi connectivity index (χ0n) is 17.2. The third-order valence-electron chi connectivity index (χ3n) is 4.79. The van der Waals surface area contributed by atoms with Crippen LogP contribution in [0.15, 0.2) is 48.9 Å². The first-order valence-corrected chi connectivity index (χ1v) is 11.0. The van der Waals surface area contributed by atoms with E-state index in [2.05, 4.69) is 10.7 Å². The Kier molecular flexibility index (Phi) is 6.54. The zero-order valence-corrected chi connectivity index (χ0v) is 18.8. The number of amides is 3. The van der Waals surface area contributed by atoms with E-state index in [-0.39, 0.29) is 30.9 Å². The van der Waals surface area contributed by atoms with Gasteiger partial charge < -0.3 is 15.0 Å². The molecule has 0 aliphatic carbocycles. The molecule has 3 heterocycles. The van der Waals surface area contributed by atoms with Gasteiger partial charge >= 0.3 is 0 Å². The maximum Gasteiger partial charge on any atom is 0.273 e. The van der Waals surface area contributed by atoms with Crippen molar-refractivity contribution in [2.75, 3.05) is 30.1 Å². The van der Waals surface area contributed by atoms with Gasteiger partial charge in [-0.3, -0.25) is 14.4 Å². The number of rotatable bonds is 6. The van der Waals surface area contributed by atoms with Crippen LogP contribution in [-0.4, -0.2) is 42.2 Å². The second-order valence-electron chi connectivity index (χ2n) is 7.08. The van der Waals surface area contributed by atoms with Gasteiger partial charge in [0, 0.05) is 19.2 Å². The third-order valence-corrected chi connectivity index (χ3v) is 6.02. The minimum absolute atomic E-state index is 0.0708. The number of ether oxygens (including phenoxy) is 1. The summed E-state index contributed by atoms with van der Waals surface area (Å²) in [5.74, 6) is -0.561. The van der Waals surface area contributed by atoms with Crippen LogP contribution in [0, 0.1) is 0 Å². The lowest BCUT2D eigenvalue weighted by Crippen LogP contribution is -2.41. The van der Waals surface area contributed by atoms with Crippen molar-refractivity contribution >= 4 is 46.3 Å². The fraction of sp³-hybridized carbons (Fsp3) is 0.238. The molecule has 0 atom stereocenters. The SMILES string of the molecule is CC(=O)Nn1c[n+](-c2ccc(N3CCOCC3=O)cc2)cc1CNC(=O)c1ccc(Cl)s1. The smallest absolute Gasteiger partial charge is 0.273 e. The van der Waals surface area contributed by atoms with Crippen LogP contribution in [0.25, 0.3) is 5.69 Å². The summed E-state index contributed by atoms with van der Waals surface area (Å²) in [5, 5.41) is 2.84. The Morgan fingerprint density at radius 2 is 2.00 bits per heavy atom. The highest BCUT2D eigenvalue weighted by Crippen LogP contribution is 2.21. The molecule has 1 aliphatic rings. The van der Waals surface area contributed by atoms with Crippen molar-refractivity contribution in [3.8, 4) is 5.69 Å². The largest absolute Gasteiger partial charge is 0.370 e. The number of hydrogen-bond donors (Lipinski definition) is 2. The van der Waals surface area contributed by atoms with Crippen molar-refractivity contribution in [3.05, 3.63) is 63.8 Å². The molecule has 166 valence electrons. The number of aromatic nitrogens is 2. The minimum atomic E-state index is -0.247. The molecule has 0 spiro atoms. The number of benzene rings is 1. The van der Waals surface area contributed by atoms with Gasteiger partial charge in [0.15, 0.2) is 5.69 Å². The fourth-order valence-corrected chi connectivity index (χ4v) is 4.25. The second kappa shape index (κ2) is 9.51. The predicted molar refractivity (Wildman–Crippen MR) is 120 cm³/mol. The third kappa shape index (κ3) is 4.98. The lowest BCUT2D eigenvalue weighted by molar-refractivity contribution is -0.595. The first-order chi connectivity index (χ1) is 15.4. The topological polar surface area (TPSA) is 96.6 Å². The average Bonchev–Trinajstić information content (AvgIpc) is 3.38. The van der Waals surface area contributed by atoms with Gasteiger partial charge in [-0.2, -0.15) is 5.43 Å². The van der Waals surface area contributed by atoms with E-state index in [0.717, 1.165) is 11.4 Å². The summed E-state index contributed by atoms with van der Waals surface area (Å²) in [4.78, 5) is 38.2. The van der Waals surface area contributed by atoms with E-state index in [1.54, 1.807) is 28.0 Å². The summed E-state index contributed by atoms with van der Waals surface area (Å²) in [6.07, 6.45) is 3.52. The van der Waals surface area contributed by atoms with Crippen LogP contribution >= 0.6 is 22.9 Å². The minimum Gasteiger partial charge on any atom is -0.370 e. The maximum absolute atomic E-state index is 12.4. The Hall–Kier alpha value is -3.21. The van der Waals surface area contributed by atoms with E-state index in [4.69, 9.17) is 16.3 Å². The molecule has 0 bridgehead atoms. The molecule has 0 unspecified atom stereocenters. The van der Waals surface area contributed by atoms with Crippen molar-refractivity contribution in [1.29, 1.82) is 0 Å². The van der Waals surface area contributed by atoms with Crippen LogP contribution in [-0.2, 0) is 20.9 Å². The fourth-order valence-electron chi connectivity index (χ4n) is 3.29. The number of morpholine rings is 1. The van der Waals surface area contributed by atoms with Crippen molar-refractivity contribution in [2.45, 2.75) is 13.5 Å². The lowest BCUT2D eigenvalue weighted by Gasteiger charge is -2.26. The molecule has 0 radical (unpaired) electrons. The molecule has 32 heavy (non-hydrogen) atoms. The van der Waals surface area contributed by atoms with Crippen molar-refractivity contribution in [2.24, 2.45) is 0 Å². The number of carbonyl (C=O) groups is 3. The summed E-state index contributed by atoms with van der Waals surface area (Å²) in [6.45, 7) is 2.72. The van der Waals surface area contributed by atoms with E-state index in [0.29, 0.717) is 28.1 Å². The van der Waals surface area contributed by atoms with E-state index >= 15 is 0 Å². The van der Waals surface area contributed by atoms with Crippen molar-refractivity contribution in [1.82, 2.24) is 9.99 Å². The number of nitrogens with zero attached hydrogens (tertiary/aromatic N) is 3. The number of halogens is 1. The standard InChI is InChI=1S/C21H20ClN5O4S/c1-14(28)24-27-13-25(11-17(27)10-23-21(30)18-6-7-19(22)32-18)15-2-4-16(5-3-15)26-8-9-31-12-20(26)29/h2-7,11,13H,8-10,12H2,1H3,(H-,23,24,28,30)/p+1. The molecule has 3 aromatic rings. The van der Waals surface area contributed by atoms with E-state index in [9.17, 15) is 14.4 Å². The van der Waals surface area contributed by atoms with Crippen LogP contribution in [0.3, 0.4) is 0 Å². The molecule has 1 saturated heterocycles. The second-order valence-corrected chi connectivity index (χ2v) is 8.80. The highest BCUT2D eigenvalue weighted by molar-refractivity contribution is 7.17. The summed E-state index contributed by atoms with van der Waals surface area (Å²) in [5.41, 5.74) is 5.02. The number of hydrogen-bond acceptors (Lipinski definition) is 5. The van der Waals surface area contributed by atoms with E-state index in [1.165, 1.54) is 18.3 Å². The molecule has 0 saturated carbocycles. The Morgan fingerprint density at radius 3 is 2.66 bits per heavy atom. The molecule has 11 heteroatoms. The molecule has 2 N–H and O–H groups in total. The Morgan fingerprint density at radius 1 is 1.22 bits per heavy atom. The summed E-state index contributed by atoms with van der Waals surface area (Å²) >= 11 is 7.10. The highest BCUT2D eigenvalue weighted by atomic mass is 35.5. The van der Waals surface area contributed by atoms with Gasteiger partial charge in [0.1, 0.15) is 18.5 Å². The van der Waals surface area contributed by atoms with Gasteiger partial charge in [-0.05, 0) is 36.4 Å².